The Labute approximate surface area is 193 Å². The van der Waals surface area contributed by atoms with E-state index in [2.05, 4.69) is 31.4 Å². The fourth-order valence-corrected chi connectivity index (χ4v) is 4.13. The molecule has 5 rings (SSSR count). The Morgan fingerprint density at radius 3 is 2.91 bits per heavy atom. The molecule has 11 heteroatoms. The van der Waals surface area contributed by atoms with Gasteiger partial charge in [0.2, 0.25) is 5.91 Å². The van der Waals surface area contributed by atoms with Crippen LogP contribution in [0.25, 0.3) is 33.5 Å². The summed E-state index contributed by atoms with van der Waals surface area (Å²) in [5.41, 5.74) is 3.08. The average Bonchev–Trinajstić information content (AvgIpc) is 3.33. The molecule has 1 fully saturated rings. The topological polar surface area (TPSA) is 133 Å². The number of aromatic nitrogens is 5. The molecule has 1 aliphatic heterocycles. The minimum atomic E-state index is -0.736. The number of aryl methyl sites for hydroxylation is 1. The Hall–Kier alpha value is -3.97. The lowest BCUT2D eigenvalue weighted by atomic mass is 10.0. The summed E-state index contributed by atoms with van der Waals surface area (Å²) in [7, 11) is 1.83. The second kappa shape index (κ2) is 7.86. The summed E-state index contributed by atoms with van der Waals surface area (Å²) in [6.45, 7) is 2.40. The first-order valence-corrected chi connectivity index (χ1v) is 10.7. The van der Waals surface area contributed by atoms with Gasteiger partial charge in [-0.1, -0.05) is 11.6 Å². The van der Waals surface area contributed by atoms with E-state index < -0.39 is 11.9 Å². The summed E-state index contributed by atoms with van der Waals surface area (Å²) in [5, 5.41) is 17.6. The summed E-state index contributed by atoms with van der Waals surface area (Å²) in [6, 6.07) is 6.88. The van der Waals surface area contributed by atoms with Gasteiger partial charge in [0.05, 0.1) is 29.3 Å². The molecule has 0 bridgehead atoms. The number of hydrogen-bond donors (Lipinski definition) is 2. The van der Waals surface area contributed by atoms with Gasteiger partial charge in [0.25, 0.3) is 5.91 Å². The van der Waals surface area contributed by atoms with E-state index in [0.717, 1.165) is 10.9 Å². The lowest BCUT2D eigenvalue weighted by Crippen LogP contribution is -2.55. The number of fused-ring (bicyclic) bond motifs is 2. The van der Waals surface area contributed by atoms with E-state index >= 15 is 0 Å². The standard InChI is InChI=1S/C22H19ClN8O2/c1-11(22(33)31-9-12(6-24)10-31)27-21(32)15-7-25-20-19(15)28-16(8-26-20)18-14-5-13(23)3-4-17(14)30(2)29-18/h3-5,7-8,11-12H,9-10H2,1-2H3,(H,25,26)(H,27,32)/t11-/m1/s1. The first-order chi connectivity index (χ1) is 15.9. The summed E-state index contributed by atoms with van der Waals surface area (Å²) >= 11 is 6.18. The number of H-pyrrole nitrogens is 1. The molecule has 2 N–H and O–H groups in total. The van der Waals surface area contributed by atoms with Crippen molar-refractivity contribution in [2.75, 3.05) is 13.1 Å². The van der Waals surface area contributed by atoms with Gasteiger partial charge in [-0.15, -0.1) is 0 Å². The van der Waals surface area contributed by atoms with Gasteiger partial charge in [-0.3, -0.25) is 14.3 Å². The van der Waals surface area contributed by atoms with Crippen molar-refractivity contribution in [1.82, 2.24) is 34.9 Å². The number of nitrogens with one attached hydrogen (secondary N) is 2. The highest BCUT2D eigenvalue weighted by Gasteiger charge is 2.33. The van der Waals surface area contributed by atoms with Crippen molar-refractivity contribution in [3.05, 3.63) is 41.2 Å². The molecule has 1 saturated heterocycles. The maximum Gasteiger partial charge on any atom is 0.255 e. The normalized spacial score (nSPS) is 14.8. The molecular formula is C22H19ClN8O2. The number of amides is 2. The van der Waals surface area contributed by atoms with Crippen molar-refractivity contribution in [2.45, 2.75) is 13.0 Å². The van der Waals surface area contributed by atoms with Crippen molar-refractivity contribution in [2.24, 2.45) is 13.0 Å². The highest BCUT2D eigenvalue weighted by atomic mass is 35.5. The summed E-state index contributed by atoms with van der Waals surface area (Å²) in [4.78, 5) is 39.0. The van der Waals surface area contributed by atoms with Gasteiger partial charge in [-0.2, -0.15) is 10.4 Å². The highest BCUT2D eigenvalue weighted by molar-refractivity contribution is 6.31. The maximum absolute atomic E-state index is 12.9. The van der Waals surface area contributed by atoms with Gasteiger partial charge in [-0.25, -0.2) is 9.97 Å². The third kappa shape index (κ3) is 3.56. The smallest absolute Gasteiger partial charge is 0.255 e. The number of hydrogen-bond acceptors (Lipinski definition) is 6. The average molecular weight is 463 g/mol. The van der Waals surface area contributed by atoms with Gasteiger partial charge < -0.3 is 15.2 Å². The fraction of sp³-hybridized carbons (Fsp3) is 0.273. The Balaban J connectivity index is 1.43. The fourth-order valence-electron chi connectivity index (χ4n) is 3.96. The number of nitriles is 1. The van der Waals surface area contributed by atoms with E-state index in [9.17, 15) is 9.59 Å². The number of nitrogens with zero attached hydrogens (tertiary/aromatic N) is 6. The van der Waals surface area contributed by atoms with Gasteiger partial charge in [0, 0.05) is 36.7 Å². The first-order valence-electron chi connectivity index (χ1n) is 10.3. The largest absolute Gasteiger partial charge is 0.344 e. The van der Waals surface area contributed by atoms with Crippen LogP contribution in [0.4, 0.5) is 0 Å². The van der Waals surface area contributed by atoms with E-state index in [1.54, 1.807) is 28.8 Å². The minimum Gasteiger partial charge on any atom is -0.344 e. The molecule has 3 aromatic heterocycles. The maximum atomic E-state index is 12.9. The summed E-state index contributed by atoms with van der Waals surface area (Å²) in [5.74, 6) is -0.810. The van der Waals surface area contributed by atoms with Crippen LogP contribution >= 0.6 is 11.6 Å². The van der Waals surface area contributed by atoms with Crippen LogP contribution in [-0.2, 0) is 11.8 Å². The molecule has 0 aliphatic carbocycles. The number of aromatic amines is 1. The molecule has 0 radical (unpaired) electrons. The number of carbonyl (C=O) groups is 2. The van der Waals surface area contributed by atoms with E-state index in [4.69, 9.17) is 16.9 Å². The zero-order chi connectivity index (χ0) is 23.3. The van der Waals surface area contributed by atoms with Crippen LogP contribution in [0.3, 0.4) is 0 Å². The van der Waals surface area contributed by atoms with E-state index in [1.807, 2.05) is 19.2 Å². The monoisotopic (exact) mass is 462 g/mol. The minimum absolute atomic E-state index is 0.142. The third-order valence-corrected chi connectivity index (χ3v) is 6.01. The lowest BCUT2D eigenvalue weighted by molar-refractivity contribution is -0.137. The van der Waals surface area contributed by atoms with Crippen molar-refractivity contribution >= 4 is 45.5 Å². The van der Waals surface area contributed by atoms with Crippen molar-refractivity contribution in [3.63, 3.8) is 0 Å². The van der Waals surface area contributed by atoms with Crippen LogP contribution in [0.15, 0.2) is 30.6 Å². The molecule has 10 nitrogen and oxygen atoms in total. The molecule has 0 saturated carbocycles. The zero-order valence-corrected chi connectivity index (χ0v) is 18.6. The van der Waals surface area contributed by atoms with Crippen LogP contribution in [0.1, 0.15) is 17.3 Å². The second-order valence-electron chi connectivity index (χ2n) is 8.05. The van der Waals surface area contributed by atoms with Crippen LogP contribution < -0.4 is 5.32 Å². The van der Waals surface area contributed by atoms with Gasteiger partial charge in [0.15, 0.2) is 5.65 Å². The molecule has 4 heterocycles. The quantitative estimate of drug-likeness (QED) is 0.478. The van der Waals surface area contributed by atoms with Gasteiger partial charge in [-0.05, 0) is 25.1 Å². The Kier molecular flexibility index (Phi) is 4.98. The molecule has 0 unspecified atom stereocenters. The second-order valence-corrected chi connectivity index (χ2v) is 8.49. The number of halogens is 1. The third-order valence-electron chi connectivity index (χ3n) is 5.77. The lowest BCUT2D eigenvalue weighted by Gasteiger charge is -2.37. The van der Waals surface area contributed by atoms with Crippen LogP contribution in [0.2, 0.25) is 5.02 Å². The molecule has 166 valence electrons. The molecule has 1 atom stereocenters. The number of likely N-dealkylation sites (tertiary alicyclic amines) is 1. The molecular weight excluding hydrogens is 444 g/mol. The van der Waals surface area contributed by atoms with Crippen molar-refractivity contribution in [1.29, 1.82) is 5.26 Å². The number of carbonyl (C=O) groups excluding carboxylic acids is 2. The molecule has 4 aromatic rings. The predicted octanol–water partition coefficient (Wildman–Crippen LogP) is 2.27. The molecule has 0 spiro atoms. The molecule has 1 aliphatic rings. The van der Waals surface area contributed by atoms with Gasteiger partial charge >= 0.3 is 0 Å². The SMILES string of the molecule is C[C@@H](NC(=O)c1c[nH]c2ncc(-c3nn(C)c4ccc(Cl)cc34)nc12)C(=O)N1CC(C#N)C1. The van der Waals surface area contributed by atoms with E-state index in [-0.39, 0.29) is 17.4 Å². The van der Waals surface area contributed by atoms with Crippen LogP contribution in [0, 0.1) is 17.2 Å². The van der Waals surface area contributed by atoms with Crippen LogP contribution in [0.5, 0.6) is 0 Å². The molecule has 1 aromatic carbocycles. The van der Waals surface area contributed by atoms with Crippen LogP contribution in [-0.4, -0.2) is 60.6 Å². The first kappa shape index (κ1) is 20.9. The summed E-state index contributed by atoms with van der Waals surface area (Å²) < 4.78 is 1.73. The molecule has 33 heavy (non-hydrogen) atoms. The Bertz CT molecular complexity index is 1460. The Morgan fingerprint density at radius 2 is 2.15 bits per heavy atom. The van der Waals surface area contributed by atoms with E-state index in [0.29, 0.717) is 40.7 Å². The highest BCUT2D eigenvalue weighted by Crippen LogP contribution is 2.29. The zero-order valence-electron chi connectivity index (χ0n) is 17.8. The number of benzene rings is 1. The number of rotatable bonds is 4. The van der Waals surface area contributed by atoms with Crippen molar-refractivity contribution < 1.29 is 9.59 Å². The Morgan fingerprint density at radius 1 is 1.36 bits per heavy atom. The predicted molar refractivity (Wildman–Crippen MR) is 121 cm³/mol. The van der Waals surface area contributed by atoms with Crippen molar-refractivity contribution in [3.8, 4) is 17.5 Å². The van der Waals surface area contributed by atoms with E-state index in [1.165, 1.54) is 6.20 Å². The van der Waals surface area contributed by atoms with Gasteiger partial charge in [0.1, 0.15) is 22.9 Å². The molecule has 2 amide bonds. The summed E-state index contributed by atoms with van der Waals surface area (Å²) in [6.07, 6.45) is 3.11.